The van der Waals surface area contributed by atoms with Crippen LogP contribution in [0.2, 0.25) is 0 Å². The van der Waals surface area contributed by atoms with Crippen molar-refractivity contribution in [1.82, 2.24) is 14.8 Å². The number of nitrogens with zero attached hydrogens (tertiary/aromatic N) is 3. The Bertz CT molecular complexity index is 1190. The van der Waals surface area contributed by atoms with Crippen LogP contribution < -0.4 is 9.47 Å². The van der Waals surface area contributed by atoms with E-state index in [2.05, 4.69) is 10.1 Å². The van der Waals surface area contributed by atoms with E-state index in [-0.39, 0.29) is 18.2 Å². The molecular formula is C27H35N3O6. The predicted octanol–water partition coefficient (Wildman–Crippen LogP) is 4.47. The zero-order chi connectivity index (χ0) is 25.8. The van der Waals surface area contributed by atoms with Gasteiger partial charge in [0.05, 0.1) is 38.6 Å². The van der Waals surface area contributed by atoms with Gasteiger partial charge in [-0.2, -0.15) is 5.10 Å². The maximum atomic E-state index is 11.9. The van der Waals surface area contributed by atoms with E-state index in [1.807, 2.05) is 13.8 Å². The number of fused-ring (bicyclic) bond motifs is 1. The number of methoxy groups -OCH3 is 2. The molecule has 1 aromatic carbocycles. The minimum absolute atomic E-state index is 0.0488. The zero-order valence-electron chi connectivity index (χ0n) is 21.4. The highest BCUT2D eigenvalue weighted by Gasteiger charge is 2.29. The summed E-state index contributed by atoms with van der Waals surface area (Å²) in [6, 6.07) is 5.19. The summed E-state index contributed by atoms with van der Waals surface area (Å²) in [7, 11) is 3.17. The highest BCUT2D eigenvalue weighted by molar-refractivity contribution is 6.00. The van der Waals surface area contributed by atoms with Gasteiger partial charge < -0.3 is 24.4 Å². The summed E-state index contributed by atoms with van der Waals surface area (Å²) in [6.07, 6.45) is 5.79. The molecule has 2 atom stereocenters. The summed E-state index contributed by atoms with van der Waals surface area (Å²) in [5.41, 5.74) is 3.16. The molecule has 1 fully saturated rings. The van der Waals surface area contributed by atoms with Crippen molar-refractivity contribution < 1.29 is 29.2 Å². The van der Waals surface area contributed by atoms with Gasteiger partial charge in [-0.3, -0.25) is 4.68 Å². The van der Waals surface area contributed by atoms with E-state index in [1.54, 1.807) is 43.3 Å². The average molecular weight is 498 g/mol. The number of aliphatic hydroxyl groups excluding tert-OH is 1. The molecule has 0 radical (unpaired) electrons. The molecule has 2 aromatic heterocycles. The molecule has 36 heavy (non-hydrogen) atoms. The molecule has 9 nitrogen and oxygen atoms in total. The van der Waals surface area contributed by atoms with Crippen LogP contribution in [-0.4, -0.2) is 57.4 Å². The predicted molar refractivity (Wildman–Crippen MR) is 135 cm³/mol. The van der Waals surface area contributed by atoms with Crippen molar-refractivity contribution >= 4 is 17.0 Å². The standard InChI is InChI=1S/C27H35N3O6/c1-5-8-18-13-20(27(32)33)25-21(28-18)14-30(29-25)15-24(36-19-9-6-7-10-19)26(31)17-11-22(34-3)16(2)23(12-17)35-4/h11-14,19,24,26,31H,5-10,15H2,1-4H3,(H,32,33)/t24-,26+/m0/s1. The lowest BCUT2D eigenvalue weighted by atomic mass is 10.0. The Morgan fingerprint density at radius 2 is 1.83 bits per heavy atom. The molecule has 9 heteroatoms. The van der Waals surface area contributed by atoms with Crippen molar-refractivity contribution in [3.8, 4) is 11.5 Å². The summed E-state index contributed by atoms with van der Waals surface area (Å²) < 4.78 is 19.1. The Morgan fingerprint density at radius 1 is 1.17 bits per heavy atom. The zero-order valence-corrected chi connectivity index (χ0v) is 21.4. The van der Waals surface area contributed by atoms with Crippen LogP contribution in [0.4, 0.5) is 0 Å². The Labute approximate surface area is 211 Å². The SMILES string of the molecule is CCCc1cc(C(=O)O)c2nn(C[C@H](OC3CCCC3)[C@H](O)c3cc(OC)c(C)c(OC)c3)cc2n1. The number of ether oxygens (including phenoxy) is 3. The minimum atomic E-state index is -1.04. The van der Waals surface area contributed by atoms with Crippen molar-refractivity contribution in [1.29, 1.82) is 0 Å². The summed E-state index contributed by atoms with van der Waals surface area (Å²) in [5, 5.41) is 25.8. The number of hydrogen-bond donors (Lipinski definition) is 2. The molecule has 3 aromatic rings. The lowest BCUT2D eigenvalue weighted by Crippen LogP contribution is -2.31. The summed E-state index contributed by atoms with van der Waals surface area (Å²) in [6.45, 7) is 4.15. The number of hydrogen-bond acceptors (Lipinski definition) is 7. The summed E-state index contributed by atoms with van der Waals surface area (Å²) in [5.74, 6) is 0.195. The second-order valence-electron chi connectivity index (χ2n) is 9.38. The smallest absolute Gasteiger partial charge is 0.338 e. The van der Waals surface area contributed by atoms with Crippen molar-refractivity contribution in [2.24, 2.45) is 0 Å². The normalized spacial score (nSPS) is 15.8. The molecular weight excluding hydrogens is 462 g/mol. The number of carboxylic acids is 1. The highest BCUT2D eigenvalue weighted by Crippen LogP contribution is 2.35. The first-order valence-electron chi connectivity index (χ1n) is 12.5. The number of aliphatic hydroxyl groups is 1. The fourth-order valence-electron chi connectivity index (χ4n) is 4.91. The molecule has 1 saturated carbocycles. The second-order valence-corrected chi connectivity index (χ2v) is 9.38. The van der Waals surface area contributed by atoms with Crippen LogP contribution in [0.5, 0.6) is 11.5 Å². The first kappa shape index (κ1) is 25.9. The van der Waals surface area contributed by atoms with E-state index in [9.17, 15) is 15.0 Å². The lowest BCUT2D eigenvalue weighted by Gasteiger charge is -2.27. The first-order valence-corrected chi connectivity index (χ1v) is 12.5. The van der Waals surface area contributed by atoms with E-state index >= 15 is 0 Å². The molecule has 2 N–H and O–H groups in total. The van der Waals surface area contributed by atoms with Crippen LogP contribution in [0.25, 0.3) is 11.0 Å². The Balaban J connectivity index is 1.70. The van der Waals surface area contributed by atoms with Gasteiger partial charge in [0.25, 0.3) is 0 Å². The van der Waals surface area contributed by atoms with E-state index in [0.29, 0.717) is 34.5 Å². The van der Waals surface area contributed by atoms with Crippen molar-refractivity contribution in [2.45, 2.75) is 77.2 Å². The van der Waals surface area contributed by atoms with E-state index < -0.39 is 18.2 Å². The number of pyridine rings is 1. The fraction of sp³-hybridized carbons (Fsp3) is 0.519. The average Bonchev–Trinajstić information content (AvgIpc) is 3.52. The monoisotopic (exact) mass is 497 g/mol. The van der Waals surface area contributed by atoms with Gasteiger partial charge in [-0.15, -0.1) is 0 Å². The van der Waals surface area contributed by atoms with Crippen molar-refractivity contribution in [3.63, 3.8) is 0 Å². The van der Waals surface area contributed by atoms with Gasteiger partial charge >= 0.3 is 5.97 Å². The van der Waals surface area contributed by atoms with E-state index in [1.165, 1.54) is 0 Å². The van der Waals surface area contributed by atoms with E-state index in [0.717, 1.165) is 43.4 Å². The van der Waals surface area contributed by atoms with Crippen LogP contribution in [0.15, 0.2) is 24.4 Å². The van der Waals surface area contributed by atoms with Crippen LogP contribution in [0.1, 0.15) is 72.3 Å². The third-order valence-electron chi connectivity index (χ3n) is 6.81. The van der Waals surface area contributed by atoms with Gasteiger partial charge in [0.15, 0.2) is 0 Å². The Hall–Kier alpha value is -3.17. The van der Waals surface area contributed by atoms with E-state index in [4.69, 9.17) is 14.2 Å². The molecule has 0 aliphatic heterocycles. The number of carbonyl (C=O) groups is 1. The molecule has 0 bridgehead atoms. The number of aromatic carboxylic acids is 1. The van der Waals surface area contributed by atoms with Gasteiger partial charge in [-0.05, 0) is 49.9 Å². The molecule has 4 rings (SSSR count). The topological polar surface area (TPSA) is 116 Å². The second kappa shape index (κ2) is 11.3. The number of benzene rings is 1. The molecule has 194 valence electrons. The summed E-state index contributed by atoms with van der Waals surface area (Å²) >= 11 is 0. The minimum Gasteiger partial charge on any atom is -0.496 e. The molecule has 0 saturated heterocycles. The maximum absolute atomic E-state index is 11.9. The largest absolute Gasteiger partial charge is 0.496 e. The number of aromatic nitrogens is 3. The lowest BCUT2D eigenvalue weighted by molar-refractivity contribution is -0.0845. The fourth-order valence-corrected chi connectivity index (χ4v) is 4.91. The Morgan fingerprint density at radius 3 is 2.42 bits per heavy atom. The number of rotatable bonds is 11. The van der Waals surface area contributed by atoms with Crippen molar-refractivity contribution in [2.75, 3.05) is 14.2 Å². The van der Waals surface area contributed by atoms with Crippen LogP contribution in [0, 0.1) is 6.92 Å². The first-order chi connectivity index (χ1) is 17.3. The molecule has 1 aliphatic carbocycles. The molecule has 0 unspecified atom stereocenters. The van der Waals surface area contributed by atoms with Gasteiger partial charge in [-0.1, -0.05) is 26.2 Å². The van der Waals surface area contributed by atoms with Crippen molar-refractivity contribution in [3.05, 3.63) is 46.8 Å². The van der Waals surface area contributed by atoms with Gasteiger partial charge in [0, 0.05) is 11.3 Å². The molecule has 0 spiro atoms. The van der Waals surface area contributed by atoms with Crippen LogP contribution in [-0.2, 0) is 17.7 Å². The van der Waals surface area contributed by atoms with Gasteiger partial charge in [0.2, 0.25) is 0 Å². The van der Waals surface area contributed by atoms with Gasteiger partial charge in [0.1, 0.15) is 34.7 Å². The molecule has 1 aliphatic rings. The summed E-state index contributed by atoms with van der Waals surface area (Å²) in [4.78, 5) is 16.5. The highest BCUT2D eigenvalue weighted by atomic mass is 16.5. The van der Waals surface area contributed by atoms with Crippen LogP contribution in [0.3, 0.4) is 0 Å². The number of aryl methyl sites for hydroxylation is 1. The molecule has 0 amide bonds. The van der Waals surface area contributed by atoms with Crippen LogP contribution >= 0.6 is 0 Å². The maximum Gasteiger partial charge on any atom is 0.338 e. The Kier molecular flexibility index (Phi) is 8.11. The quantitative estimate of drug-likeness (QED) is 0.399. The third-order valence-corrected chi connectivity index (χ3v) is 6.81. The molecule has 2 heterocycles. The number of carboxylic acid groups (broad SMARTS) is 1. The third kappa shape index (κ3) is 5.47. The van der Waals surface area contributed by atoms with Gasteiger partial charge in [-0.25, -0.2) is 9.78 Å².